The highest BCUT2D eigenvalue weighted by molar-refractivity contribution is 5.46. The van der Waals surface area contributed by atoms with Crippen molar-refractivity contribution >= 4 is 0 Å². The van der Waals surface area contributed by atoms with Crippen molar-refractivity contribution in [2.75, 3.05) is 19.9 Å². The molecule has 0 N–H and O–H groups in total. The lowest BCUT2D eigenvalue weighted by molar-refractivity contribution is 0.116. The number of aryl methyl sites for hydroxylation is 2. The molecule has 4 heteroatoms. The average molecular weight is 663 g/mol. The lowest BCUT2D eigenvalue weighted by atomic mass is 9.86. The van der Waals surface area contributed by atoms with Crippen LogP contribution in [0.5, 0.6) is 11.5 Å². The Morgan fingerprint density at radius 1 is 0.469 bits per heavy atom. The van der Waals surface area contributed by atoms with Gasteiger partial charge in [-0.3, -0.25) is 9.80 Å². The third kappa shape index (κ3) is 10.7. The summed E-state index contributed by atoms with van der Waals surface area (Å²) >= 11 is 0. The summed E-state index contributed by atoms with van der Waals surface area (Å²) in [4.78, 5) is 5.16. The summed E-state index contributed by atoms with van der Waals surface area (Å²) in [5, 5.41) is 0. The van der Waals surface area contributed by atoms with Crippen molar-refractivity contribution < 1.29 is 9.47 Å². The number of ether oxygens (including phenoxy) is 2. The van der Waals surface area contributed by atoms with Crippen LogP contribution in [0.25, 0.3) is 0 Å². The minimum absolute atomic E-state index is 0.142. The summed E-state index contributed by atoms with van der Waals surface area (Å²) < 4.78 is 13.2. The van der Waals surface area contributed by atoms with Gasteiger partial charge in [0.15, 0.2) is 0 Å². The summed E-state index contributed by atoms with van der Waals surface area (Å²) in [6.07, 6.45) is 2.01. The van der Waals surface area contributed by atoms with Gasteiger partial charge in [0.25, 0.3) is 0 Å². The SMILES string of the molecule is Cc1ccc(OCOc2ccc(C)cc2C(CCN(C(C)C)C(C)C)c2ccccc2)c(C(CCN(C(C)C)C(C)C)c2ccccc2)c1. The van der Waals surface area contributed by atoms with E-state index in [1.165, 1.54) is 33.4 Å². The molecular formula is C45H62N2O2. The fourth-order valence-electron chi connectivity index (χ4n) is 7.46. The van der Waals surface area contributed by atoms with Crippen molar-refractivity contribution in [2.45, 2.75) is 118 Å². The van der Waals surface area contributed by atoms with Gasteiger partial charge in [-0.2, -0.15) is 0 Å². The van der Waals surface area contributed by atoms with Crippen molar-refractivity contribution in [3.63, 3.8) is 0 Å². The molecule has 4 aromatic carbocycles. The summed E-state index contributed by atoms with van der Waals surface area (Å²) in [5.74, 6) is 2.19. The Balaban J connectivity index is 1.62. The Morgan fingerprint density at radius 3 is 1.14 bits per heavy atom. The number of rotatable bonds is 18. The monoisotopic (exact) mass is 662 g/mol. The molecular weight excluding hydrogens is 601 g/mol. The fourth-order valence-corrected chi connectivity index (χ4v) is 7.46. The topological polar surface area (TPSA) is 24.9 Å². The molecule has 0 fully saturated rings. The van der Waals surface area contributed by atoms with Gasteiger partial charge in [-0.15, -0.1) is 0 Å². The zero-order valence-electron chi connectivity index (χ0n) is 31.9. The first-order valence-electron chi connectivity index (χ1n) is 18.5. The molecule has 0 aromatic heterocycles. The van der Waals surface area contributed by atoms with Gasteiger partial charge >= 0.3 is 0 Å². The van der Waals surface area contributed by atoms with E-state index in [1.807, 2.05) is 0 Å². The average Bonchev–Trinajstić information content (AvgIpc) is 3.06. The first-order valence-corrected chi connectivity index (χ1v) is 18.5. The van der Waals surface area contributed by atoms with Gasteiger partial charge in [0, 0.05) is 47.1 Å². The second-order valence-electron chi connectivity index (χ2n) is 14.8. The second kappa shape index (κ2) is 18.4. The van der Waals surface area contributed by atoms with Crippen molar-refractivity contribution in [3.8, 4) is 11.5 Å². The van der Waals surface area contributed by atoms with E-state index in [1.54, 1.807) is 0 Å². The molecule has 4 aromatic rings. The predicted octanol–water partition coefficient (Wildman–Crippen LogP) is 11.0. The van der Waals surface area contributed by atoms with Crippen LogP contribution in [0.1, 0.15) is 113 Å². The molecule has 4 rings (SSSR count). The van der Waals surface area contributed by atoms with Gasteiger partial charge in [0.2, 0.25) is 6.79 Å². The van der Waals surface area contributed by atoms with Crippen LogP contribution in [0.3, 0.4) is 0 Å². The first-order chi connectivity index (χ1) is 23.5. The van der Waals surface area contributed by atoms with E-state index in [4.69, 9.17) is 9.47 Å². The van der Waals surface area contributed by atoms with Crippen molar-refractivity contribution in [2.24, 2.45) is 0 Å². The lowest BCUT2D eigenvalue weighted by Crippen LogP contribution is -2.38. The third-order valence-corrected chi connectivity index (χ3v) is 9.92. The van der Waals surface area contributed by atoms with Crippen LogP contribution >= 0.6 is 0 Å². The molecule has 0 bridgehead atoms. The first kappa shape index (κ1) is 38.2. The summed E-state index contributed by atoms with van der Waals surface area (Å²) in [7, 11) is 0. The summed E-state index contributed by atoms with van der Waals surface area (Å²) in [6, 6.07) is 36.9. The minimum Gasteiger partial charge on any atom is -0.457 e. The molecule has 0 aliphatic heterocycles. The molecule has 0 aliphatic carbocycles. The molecule has 0 saturated heterocycles. The van der Waals surface area contributed by atoms with Crippen LogP contribution in [0, 0.1) is 13.8 Å². The van der Waals surface area contributed by atoms with Crippen LogP contribution in [0.15, 0.2) is 97.1 Å². The van der Waals surface area contributed by atoms with Gasteiger partial charge in [0.05, 0.1) is 0 Å². The molecule has 0 radical (unpaired) electrons. The maximum Gasteiger partial charge on any atom is 0.230 e. The third-order valence-electron chi connectivity index (χ3n) is 9.92. The largest absolute Gasteiger partial charge is 0.457 e. The number of benzene rings is 4. The van der Waals surface area contributed by atoms with Gasteiger partial charge in [0.1, 0.15) is 11.5 Å². The summed E-state index contributed by atoms with van der Waals surface area (Å²) in [5.41, 5.74) is 7.53. The Bertz CT molecular complexity index is 1410. The predicted molar refractivity (Wildman–Crippen MR) is 208 cm³/mol. The molecule has 4 nitrogen and oxygen atoms in total. The maximum atomic E-state index is 6.59. The Hall–Kier alpha value is -3.60. The van der Waals surface area contributed by atoms with E-state index in [0.29, 0.717) is 24.2 Å². The number of nitrogens with zero attached hydrogens (tertiary/aromatic N) is 2. The standard InChI is InChI=1S/C45H62N2O2/c1-32(2)46(33(3)4)27-25-40(38-17-13-11-14-18-38)42-29-36(9)21-23-44(42)48-31-49-45-24-22-37(10)30-43(45)41(39-19-15-12-16-20-39)26-28-47(34(5)6)35(7)8/h11-24,29-30,32-35,40-41H,25-28,31H2,1-10H3. The molecule has 49 heavy (non-hydrogen) atoms. The van der Waals surface area contributed by atoms with Crippen LogP contribution in [-0.4, -0.2) is 53.8 Å². The molecule has 0 spiro atoms. The zero-order valence-corrected chi connectivity index (χ0v) is 31.9. The Kier molecular flexibility index (Phi) is 14.4. The van der Waals surface area contributed by atoms with Gasteiger partial charge in [-0.05, 0) is 118 Å². The quantitative estimate of drug-likeness (QED) is 0.0990. The molecule has 2 unspecified atom stereocenters. The van der Waals surface area contributed by atoms with Crippen LogP contribution in [0.4, 0.5) is 0 Å². The molecule has 0 aliphatic rings. The Morgan fingerprint density at radius 2 is 0.816 bits per heavy atom. The van der Waals surface area contributed by atoms with Crippen LogP contribution < -0.4 is 9.47 Å². The smallest absolute Gasteiger partial charge is 0.230 e. The maximum absolute atomic E-state index is 6.59. The lowest BCUT2D eigenvalue weighted by Gasteiger charge is -2.33. The fraction of sp³-hybridized carbons (Fsp3) is 0.467. The minimum atomic E-state index is 0.142. The van der Waals surface area contributed by atoms with E-state index in [2.05, 4.69) is 176 Å². The molecule has 2 atom stereocenters. The van der Waals surface area contributed by atoms with Crippen LogP contribution in [0.2, 0.25) is 0 Å². The second-order valence-corrected chi connectivity index (χ2v) is 14.8. The van der Waals surface area contributed by atoms with E-state index in [9.17, 15) is 0 Å². The van der Waals surface area contributed by atoms with Crippen molar-refractivity contribution in [1.29, 1.82) is 0 Å². The van der Waals surface area contributed by atoms with Gasteiger partial charge in [-0.1, -0.05) is 96.1 Å². The highest BCUT2D eigenvalue weighted by Crippen LogP contribution is 2.38. The highest BCUT2D eigenvalue weighted by atomic mass is 16.7. The normalized spacial score (nSPS) is 13.2. The van der Waals surface area contributed by atoms with E-state index in [0.717, 1.165) is 37.4 Å². The number of hydrogen-bond donors (Lipinski definition) is 0. The van der Waals surface area contributed by atoms with Gasteiger partial charge < -0.3 is 9.47 Å². The van der Waals surface area contributed by atoms with E-state index >= 15 is 0 Å². The van der Waals surface area contributed by atoms with Crippen molar-refractivity contribution in [3.05, 3.63) is 130 Å². The van der Waals surface area contributed by atoms with E-state index < -0.39 is 0 Å². The zero-order chi connectivity index (χ0) is 35.5. The molecule has 0 heterocycles. The van der Waals surface area contributed by atoms with Crippen LogP contribution in [-0.2, 0) is 0 Å². The molecule has 0 amide bonds. The summed E-state index contributed by atoms with van der Waals surface area (Å²) in [6.45, 7) is 24.9. The number of hydrogen-bond acceptors (Lipinski definition) is 4. The Labute approximate surface area is 298 Å². The van der Waals surface area contributed by atoms with E-state index in [-0.39, 0.29) is 18.6 Å². The molecule has 0 saturated carbocycles. The van der Waals surface area contributed by atoms with Crippen molar-refractivity contribution in [1.82, 2.24) is 9.80 Å². The molecule has 264 valence electrons. The highest BCUT2D eigenvalue weighted by Gasteiger charge is 2.24. The van der Waals surface area contributed by atoms with Gasteiger partial charge in [-0.25, -0.2) is 0 Å².